The van der Waals surface area contributed by atoms with E-state index in [9.17, 15) is 13.8 Å². The topological polar surface area (TPSA) is 84.5 Å². The van der Waals surface area contributed by atoms with Crippen molar-refractivity contribution in [1.82, 2.24) is 0 Å². The molecular formula is C21H24N2O4S2. The average Bonchev–Trinajstić information content (AvgIpc) is 3.48. The lowest BCUT2D eigenvalue weighted by molar-refractivity contribution is -0.117. The van der Waals surface area contributed by atoms with Crippen LogP contribution < -0.4 is 10.6 Å². The van der Waals surface area contributed by atoms with Gasteiger partial charge in [0, 0.05) is 46.6 Å². The van der Waals surface area contributed by atoms with E-state index >= 15 is 0 Å². The van der Waals surface area contributed by atoms with E-state index < -0.39 is 10.8 Å². The predicted molar refractivity (Wildman–Crippen MR) is 116 cm³/mol. The van der Waals surface area contributed by atoms with Crippen LogP contribution in [0.15, 0.2) is 36.4 Å². The highest BCUT2D eigenvalue weighted by atomic mass is 32.2. The fraction of sp³-hybridized carbons (Fsp3) is 0.429. The Balaban J connectivity index is 1.34. The molecule has 1 unspecified atom stereocenters. The molecular weight excluding hydrogens is 408 g/mol. The van der Waals surface area contributed by atoms with Crippen LogP contribution in [0.25, 0.3) is 0 Å². The zero-order valence-corrected chi connectivity index (χ0v) is 17.7. The Morgan fingerprint density at radius 3 is 2.62 bits per heavy atom. The lowest BCUT2D eigenvalue weighted by Crippen LogP contribution is -2.25. The first-order valence-corrected chi connectivity index (χ1v) is 12.0. The van der Waals surface area contributed by atoms with Crippen molar-refractivity contribution >= 4 is 44.6 Å². The summed E-state index contributed by atoms with van der Waals surface area (Å²) in [6, 6.07) is 11.0. The minimum atomic E-state index is -0.947. The molecule has 1 aromatic carbocycles. The molecule has 1 saturated heterocycles. The SMILES string of the molecule is O=C(Nc1cccc(CS(=O)C2CCOCC2)c1)c1ccc(NC(=O)C2CC2)s1. The Morgan fingerprint density at radius 1 is 1.07 bits per heavy atom. The summed E-state index contributed by atoms with van der Waals surface area (Å²) in [5, 5.41) is 6.62. The van der Waals surface area contributed by atoms with E-state index in [1.807, 2.05) is 24.3 Å². The number of hydrogen-bond acceptors (Lipinski definition) is 5. The van der Waals surface area contributed by atoms with Crippen molar-refractivity contribution < 1.29 is 18.5 Å². The van der Waals surface area contributed by atoms with Crippen LogP contribution in [0.3, 0.4) is 0 Å². The molecule has 2 aromatic rings. The van der Waals surface area contributed by atoms with Gasteiger partial charge in [0.25, 0.3) is 5.91 Å². The van der Waals surface area contributed by atoms with Crippen LogP contribution in [0.1, 0.15) is 40.9 Å². The maximum Gasteiger partial charge on any atom is 0.265 e. The third kappa shape index (κ3) is 5.52. The highest BCUT2D eigenvalue weighted by Crippen LogP contribution is 2.31. The summed E-state index contributed by atoms with van der Waals surface area (Å²) in [5.41, 5.74) is 1.62. The van der Waals surface area contributed by atoms with Gasteiger partial charge in [-0.1, -0.05) is 12.1 Å². The number of amides is 2. The van der Waals surface area contributed by atoms with Gasteiger partial charge < -0.3 is 15.4 Å². The summed E-state index contributed by atoms with van der Waals surface area (Å²) < 4.78 is 17.9. The minimum absolute atomic E-state index is 0.0315. The Bertz CT molecular complexity index is 917. The highest BCUT2D eigenvalue weighted by molar-refractivity contribution is 7.84. The molecule has 2 heterocycles. The van der Waals surface area contributed by atoms with Crippen molar-refractivity contribution in [2.45, 2.75) is 36.7 Å². The second kappa shape index (κ2) is 9.19. The quantitative estimate of drug-likeness (QED) is 0.697. The van der Waals surface area contributed by atoms with E-state index in [1.165, 1.54) is 11.3 Å². The molecule has 1 saturated carbocycles. The molecule has 154 valence electrons. The number of thiophene rings is 1. The molecule has 2 fully saturated rings. The largest absolute Gasteiger partial charge is 0.381 e. The summed E-state index contributed by atoms with van der Waals surface area (Å²) in [6.07, 6.45) is 3.56. The Morgan fingerprint density at radius 2 is 1.86 bits per heavy atom. The first kappa shape index (κ1) is 20.3. The molecule has 4 rings (SSSR count). The summed E-state index contributed by atoms with van der Waals surface area (Å²) in [7, 11) is -0.947. The summed E-state index contributed by atoms with van der Waals surface area (Å²) >= 11 is 1.26. The van der Waals surface area contributed by atoms with Gasteiger partial charge in [-0.25, -0.2) is 0 Å². The van der Waals surface area contributed by atoms with Gasteiger partial charge in [-0.15, -0.1) is 11.3 Å². The fourth-order valence-electron chi connectivity index (χ4n) is 3.25. The van der Waals surface area contributed by atoms with E-state index in [2.05, 4.69) is 10.6 Å². The Kier molecular flexibility index (Phi) is 6.42. The predicted octanol–water partition coefficient (Wildman–Crippen LogP) is 3.78. The van der Waals surface area contributed by atoms with Crippen LogP contribution in [-0.4, -0.2) is 34.5 Å². The molecule has 1 aliphatic carbocycles. The Hall–Kier alpha value is -2.03. The van der Waals surface area contributed by atoms with Gasteiger partial charge in [0.1, 0.15) is 0 Å². The van der Waals surface area contributed by atoms with Gasteiger partial charge in [-0.05, 0) is 55.5 Å². The van der Waals surface area contributed by atoms with Crippen molar-refractivity contribution in [3.05, 3.63) is 46.8 Å². The van der Waals surface area contributed by atoms with Crippen molar-refractivity contribution in [2.24, 2.45) is 5.92 Å². The number of benzene rings is 1. The standard InChI is InChI=1S/C21H24N2O4S2/c24-20(15-4-5-15)23-19-7-6-18(28-19)21(25)22-16-3-1-2-14(12-16)13-29(26)17-8-10-27-11-9-17/h1-3,6-7,12,15,17H,4-5,8-11,13H2,(H,22,25)(H,23,24). The van der Waals surface area contributed by atoms with E-state index in [1.54, 1.807) is 12.1 Å². The number of carbonyl (C=O) groups is 2. The van der Waals surface area contributed by atoms with Gasteiger partial charge in [-0.2, -0.15) is 0 Å². The number of carbonyl (C=O) groups excluding carboxylic acids is 2. The number of ether oxygens (including phenoxy) is 1. The van der Waals surface area contributed by atoms with Crippen LogP contribution in [-0.2, 0) is 26.1 Å². The lowest BCUT2D eigenvalue weighted by atomic mass is 10.2. The van der Waals surface area contributed by atoms with Crippen LogP contribution in [0.2, 0.25) is 0 Å². The van der Waals surface area contributed by atoms with Crippen LogP contribution in [0.4, 0.5) is 10.7 Å². The van der Waals surface area contributed by atoms with Crippen molar-refractivity contribution in [1.29, 1.82) is 0 Å². The molecule has 29 heavy (non-hydrogen) atoms. The molecule has 2 aliphatic rings. The lowest BCUT2D eigenvalue weighted by Gasteiger charge is -2.21. The molecule has 1 aromatic heterocycles. The van der Waals surface area contributed by atoms with Gasteiger partial charge >= 0.3 is 0 Å². The van der Waals surface area contributed by atoms with Crippen LogP contribution in [0.5, 0.6) is 0 Å². The monoisotopic (exact) mass is 432 g/mol. The zero-order chi connectivity index (χ0) is 20.2. The second-order valence-corrected chi connectivity index (χ2v) is 10.2. The highest BCUT2D eigenvalue weighted by Gasteiger charge is 2.30. The third-order valence-electron chi connectivity index (χ3n) is 5.06. The zero-order valence-electron chi connectivity index (χ0n) is 16.0. The number of anilines is 2. The van der Waals surface area contributed by atoms with E-state index in [0.29, 0.717) is 34.5 Å². The fourth-order valence-corrected chi connectivity index (χ4v) is 5.52. The first-order chi connectivity index (χ1) is 14.1. The summed E-state index contributed by atoms with van der Waals surface area (Å²) in [5.74, 6) is 0.419. The van der Waals surface area contributed by atoms with E-state index in [-0.39, 0.29) is 23.0 Å². The minimum Gasteiger partial charge on any atom is -0.381 e. The molecule has 0 bridgehead atoms. The molecule has 1 aliphatic heterocycles. The molecule has 2 N–H and O–H groups in total. The van der Waals surface area contributed by atoms with Crippen molar-refractivity contribution in [3.63, 3.8) is 0 Å². The second-order valence-electron chi connectivity index (χ2n) is 7.42. The summed E-state index contributed by atoms with van der Waals surface area (Å²) in [6.45, 7) is 1.35. The van der Waals surface area contributed by atoms with Crippen LogP contribution >= 0.6 is 11.3 Å². The van der Waals surface area contributed by atoms with Gasteiger partial charge in [0.2, 0.25) is 5.91 Å². The molecule has 8 heteroatoms. The van der Waals surface area contributed by atoms with Crippen molar-refractivity contribution in [2.75, 3.05) is 23.8 Å². The van der Waals surface area contributed by atoms with Gasteiger partial charge in [0.05, 0.1) is 9.88 Å². The van der Waals surface area contributed by atoms with Crippen LogP contribution in [0, 0.1) is 5.92 Å². The number of hydrogen-bond donors (Lipinski definition) is 2. The average molecular weight is 433 g/mol. The Labute approximate surface area is 176 Å². The molecule has 0 spiro atoms. The van der Waals surface area contributed by atoms with Crippen molar-refractivity contribution in [3.8, 4) is 0 Å². The molecule has 6 nitrogen and oxygen atoms in total. The number of nitrogens with one attached hydrogen (secondary N) is 2. The van der Waals surface area contributed by atoms with Gasteiger partial charge in [0.15, 0.2) is 0 Å². The summed E-state index contributed by atoms with van der Waals surface area (Å²) in [4.78, 5) is 24.9. The molecule has 1 atom stereocenters. The molecule has 0 radical (unpaired) electrons. The van der Waals surface area contributed by atoms with E-state index in [4.69, 9.17) is 4.74 Å². The van der Waals surface area contributed by atoms with E-state index in [0.717, 1.165) is 31.2 Å². The number of rotatable bonds is 7. The van der Waals surface area contributed by atoms with Gasteiger partial charge in [-0.3, -0.25) is 13.8 Å². The third-order valence-corrected chi connectivity index (χ3v) is 7.89. The maximum atomic E-state index is 12.6. The maximum absolute atomic E-state index is 12.6. The molecule has 2 amide bonds. The normalized spacial score (nSPS) is 18.2. The smallest absolute Gasteiger partial charge is 0.265 e. The first-order valence-electron chi connectivity index (χ1n) is 9.84.